The number of halogens is 1. The van der Waals surface area contributed by atoms with Gasteiger partial charge in [-0.2, -0.15) is 0 Å². The molecule has 0 spiro atoms. The Hall–Kier alpha value is -0.450. The van der Waals surface area contributed by atoms with E-state index in [1.807, 2.05) is 12.4 Å². The average Bonchev–Trinajstić information content (AvgIpc) is 2.38. The Morgan fingerprint density at radius 3 is 3.00 bits per heavy atom. The lowest BCUT2D eigenvalue weighted by Crippen LogP contribution is -2.47. The zero-order valence-electron chi connectivity index (χ0n) is 11.4. The van der Waals surface area contributed by atoms with Crippen molar-refractivity contribution >= 4 is 15.9 Å². The molecule has 1 aliphatic rings. The molecule has 1 N–H and O–H groups in total. The van der Waals surface area contributed by atoms with Crippen molar-refractivity contribution in [2.75, 3.05) is 13.1 Å². The first-order valence-corrected chi connectivity index (χ1v) is 7.34. The van der Waals surface area contributed by atoms with Crippen molar-refractivity contribution in [3.8, 4) is 0 Å². The molecule has 4 heteroatoms. The highest BCUT2D eigenvalue weighted by molar-refractivity contribution is 9.10. The van der Waals surface area contributed by atoms with Crippen LogP contribution in [0.5, 0.6) is 0 Å². The van der Waals surface area contributed by atoms with E-state index in [1.54, 1.807) is 0 Å². The molecule has 0 radical (unpaired) electrons. The molecule has 1 unspecified atom stereocenters. The second-order valence-electron chi connectivity index (χ2n) is 5.86. The van der Waals surface area contributed by atoms with Crippen LogP contribution in [0.3, 0.4) is 0 Å². The molecule has 3 nitrogen and oxygen atoms in total. The third-order valence-electron chi connectivity index (χ3n) is 3.53. The van der Waals surface area contributed by atoms with Crippen LogP contribution in [-0.2, 0) is 6.54 Å². The molecule has 1 atom stereocenters. The summed E-state index contributed by atoms with van der Waals surface area (Å²) < 4.78 is 1.06. The first-order valence-electron chi connectivity index (χ1n) is 6.55. The van der Waals surface area contributed by atoms with E-state index >= 15 is 0 Å². The van der Waals surface area contributed by atoms with E-state index < -0.39 is 0 Å². The Morgan fingerprint density at radius 2 is 2.28 bits per heavy atom. The lowest BCUT2D eigenvalue weighted by Gasteiger charge is -2.32. The standard InChI is InChI=1S/C14H22BrN3/c1-11-4-5-17-14(2,3)10-18(11)9-12-6-13(15)8-16-7-12/h6-8,11,17H,4-5,9-10H2,1-3H3. The quantitative estimate of drug-likeness (QED) is 0.910. The van der Waals surface area contributed by atoms with Crippen LogP contribution >= 0.6 is 15.9 Å². The Morgan fingerprint density at radius 1 is 1.50 bits per heavy atom. The van der Waals surface area contributed by atoms with Gasteiger partial charge in [0, 0.05) is 41.5 Å². The van der Waals surface area contributed by atoms with Crippen LogP contribution in [0.2, 0.25) is 0 Å². The maximum atomic E-state index is 4.25. The van der Waals surface area contributed by atoms with E-state index in [0.29, 0.717) is 6.04 Å². The van der Waals surface area contributed by atoms with Gasteiger partial charge in [0.2, 0.25) is 0 Å². The van der Waals surface area contributed by atoms with Gasteiger partial charge in [-0.3, -0.25) is 9.88 Å². The van der Waals surface area contributed by atoms with E-state index in [9.17, 15) is 0 Å². The smallest absolute Gasteiger partial charge is 0.0410 e. The van der Waals surface area contributed by atoms with Gasteiger partial charge in [-0.05, 0) is 61.3 Å². The number of nitrogens with one attached hydrogen (secondary N) is 1. The highest BCUT2D eigenvalue weighted by Gasteiger charge is 2.27. The van der Waals surface area contributed by atoms with E-state index in [1.165, 1.54) is 12.0 Å². The molecule has 0 aliphatic carbocycles. The van der Waals surface area contributed by atoms with Crippen LogP contribution in [0.1, 0.15) is 32.8 Å². The van der Waals surface area contributed by atoms with Crippen LogP contribution < -0.4 is 5.32 Å². The molecule has 100 valence electrons. The van der Waals surface area contributed by atoms with E-state index in [4.69, 9.17) is 0 Å². The molecule has 0 aromatic carbocycles. The van der Waals surface area contributed by atoms with Gasteiger partial charge < -0.3 is 5.32 Å². The van der Waals surface area contributed by atoms with Crippen molar-refractivity contribution in [1.29, 1.82) is 0 Å². The third-order valence-corrected chi connectivity index (χ3v) is 3.97. The Balaban J connectivity index is 2.10. The Labute approximate surface area is 118 Å². The summed E-state index contributed by atoms with van der Waals surface area (Å²) in [6.07, 6.45) is 4.99. The molecule has 0 amide bonds. The van der Waals surface area contributed by atoms with Gasteiger partial charge in [-0.25, -0.2) is 0 Å². The normalized spacial score (nSPS) is 24.8. The second kappa shape index (κ2) is 5.68. The number of hydrogen-bond donors (Lipinski definition) is 1. The van der Waals surface area contributed by atoms with Gasteiger partial charge in [0.25, 0.3) is 0 Å². The summed E-state index contributed by atoms with van der Waals surface area (Å²) in [5.41, 5.74) is 1.46. The lowest BCUT2D eigenvalue weighted by molar-refractivity contribution is 0.173. The van der Waals surface area contributed by atoms with Gasteiger partial charge in [0.05, 0.1) is 0 Å². The highest BCUT2D eigenvalue weighted by atomic mass is 79.9. The highest BCUT2D eigenvalue weighted by Crippen LogP contribution is 2.19. The van der Waals surface area contributed by atoms with E-state index in [0.717, 1.165) is 24.1 Å². The minimum absolute atomic E-state index is 0.185. The molecule has 1 aliphatic heterocycles. The van der Waals surface area contributed by atoms with Gasteiger partial charge in [-0.15, -0.1) is 0 Å². The average molecular weight is 312 g/mol. The van der Waals surface area contributed by atoms with Crippen molar-refractivity contribution in [2.45, 2.75) is 45.3 Å². The fourth-order valence-electron chi connectivity index (χ4n) is 2.51. The summed E-state index contributed by atoms with van der Waals surface area (Å²) in [6.45, 7) is 10.0. The summed E-state index contributed by atoms with van der Waals surface area (Å²) in [5, 5.41) is 3.61. The molecule has 1 aromatic rings. The molecular formula is C14H22BrN3. The van der Waals surface area contributed by atoms with Crippen LogP contribution in [0.25, 0.3) is 0 Å². The molecule has 2 rings (SSSR count). The van der Waals surface area contributed by atoms with Gasteiger partial charge in [0.15, 0.2) is 0 Å². The summed E-state index contributed by atoms with van der Waals surface area (Å²) in [6, 6.07) is 2.77. The van der Waals surface area contributed by atoms with Gasteiger partial charge in [0.1, 0.15) is 0 Å². The Bertz CT molecular complexity index is 406. The van der Waals surface area contributed by atoms with Crippen molar-refractivity contribution in [2.24, 2.45) is 0 Å². The maximum Gasteiger partial charge on any atom is 0.0410 e. The molecule has 0 saturated carbocycles. The second-order valence-corrected chi connectivity index (χ2v) is 6.78. The summed E-state index contributed by atoms with van der Waals surface area (Å²) in [7, 11) is 0. The molecule has 2 heterocycles. The zero-order valence-corrected chi connectivity index (χ0v) is 13.0. The monoisotopic (exact) mass is 311 g/mol. The number of pyridine rings is 1. The third kappa shape index (κ3) is 3.77. The predicted molar refractivity (Wildman–Crippen MR) is 78.5 cm³/mol. The number of hydrogen-bond acceptors (Lipinski definition) is 3. The van der Waals surface area contributed by atoms with Crippen molar-refractivity contribution in [3.05, 3.63) is 28.5 Å². The van der Waals surface area contributed by atoms with Crippen LogP contribution in [-0.4, -0.2) is 34.6 Å². The number of aromatic nitrogens is 1. The van der Waals surface area contributed by atoms with Crippen LogP contribution in [0.15, 0.2) is 22.9 Å². The number of rotatable bonds is 2. The fraction of sp³-hybridized carbons (Fsp3) is 0.643. The topological polar surface area (TPSA) is 28.2 Å². The van der Waals surface area contributed by atoms with Gasteiger partial charge in [-0.1, -0.05) is 0 Å². The predicted octanol–water partition coefficient (Wildman–Crippen LogP) is 2.81. The fourth-order valence-corrected chi connectivity index (χ4v) is 2.92. The zero-order chi connectivity index (χ0) is 13.2. The summed E-state index contributed by atoms with van der Waals surface area (Å²) in [5.74, 6) is 0. The summed E-state index contributed by atoms with van der Waals surface area (Å²) >= 11 is 3.49. The van der Waals surface area contributed by atoms with Crippen molar-refractivity contribution in [1.82, 2.24) is 15.2 Å². The van der Waals surface area contributed by atoms with Crippen LogP contribution in [0, 0.1) is 0 Å². The molecule has 18 heavy (non-hydrogen) atoms. The first kappa shape index (κ1) is 14.0. The Kier molecular flexibility index (Phi) is 4.41. The van der Waals surface area contributed by atoms with Gasteiger partial charge >= 0.3 is 0 Å². The first-order chi connectivity index (χ1) is 8.46. The number of nitrogens with zero attached hydrogens (tertiary/aromatic N) is 2. The SMILES string of the molecule is CC1CCNC(C)(C)CN1Cc1cncc(Br)c1. The van der Waals surface area contributed by atoms with E-state index in [-0.39, 0.29) is 5.54 Å². The lowest BCUT2D eigenvalue weighted by atomic mass is 10.0. The van der Waals surface area contributed by atoms with E-state index in [2.05, 4.69) is 58.0 Å². The maximum absolute atomic E-state index is 4.25. The van der Waals surface area contributed by atoms with Crippen LogP contribution in [0.4, 0.5) is 0 Å². The van der Waals surface area contributed by atoms with Crippen molar-refractivity contribution in [3.63, 3.8) is 0 Å². The largest absolute Gasteiger partial charge is 0.310 e. The molecule has 0 bridgehead atoms. The molecule has 1 saturated heterocycles. The molecular weight excluding hydrogens is 290 g/mol. The minimum atomic E-state index is 0.185. The molecule has 1 aromatic heterocycles. The molecule has 1 fully saturated rings. The minimum Gasteiger partial charge on any atom is -0.310 e. The van der Waals surface area contributed by atoms with Crippen molar-refractivity contribution < 1.29 is 0 Å². The summed E-state index contributed by atoms with van der Waals surface area (Å²) in [4.78, 5) is 6.79.